The summed E-state index contributed by atoms with van der Waals surface area (Å²) in [6, 6.07) is 11.8. The number of aryl methyl sites for hydroxylation is 2. The van der Waals surface area contributed by atoms with Gasteiger partial charge < -0.3 is 4.90 Å². The minimum absolute atomic E-state index is 0.414. The molecule has 2 heteroatoms. The number of piperazine rings is 1. The summed E-state index contributed by atoms with van der Waals surface area (Å²) in [6.07, 6.45) is 8.74. The second-order valence-corrected chi connectivity index (χ2v) is 8.65. The Morgan fingerprint density at radius 3 is 2.34 bits per heavy atom. The van der Waals surface area contributed by atoms with Gasteiger partial charge in [-0.2, -0.15) is 0 Å². The highest BCUT2D eigenvalue weighted by molar-refractivity contribution is 5.62. The summed E-state index contributed by atoms with van der Waals surface area (Å²) in [7, 11) is 2.24. The average Bonchev–Trinajstić information content (AvgIpc) is 2.83. The Morgan fingerprint density at radius 1 is 1.06 bits per heavy atom. The van der Waals surface area contributed by atoms with Gasteiger partial charge in [-0.1, -0.05) is 82.8 Å². The smallest absolute Gasteiger partial charge is 0.0479 e. The van der Waals surface area contributed by atoms with E-state index < -0.39 is 0 Å². The molecule has 1 saturated heterocycles. The molecule has 0 spiro atoms. The Balaban J connectivity index is 0.00000176. The summed E-state index contributed by atoms with van der Waals surface area (Å²) < 4.78 is 0. The number of likely N-dealkylation sites (N-methyl/N-ethyl adjacent to an activating group) is 1. The van der Waals surface area contributed by atoms with Crippen molar-refractivity contribution < 1.29 is 0 Å². The molecule has 1 unspecified atom stereocenters. The molecule has 0 saturated carbocycles. The molecule has 1 fully saturated rings. The van der Waals surface area contributed by atoms with Gasteiger partial charge in [-0.25, -0.2) is 0 Å². The van der Waals surface area contributed by atoms with Gasteiger partial charge in [-0.05, 0) is 72.7 Å². The van der Waals surface area contributed by atoms with Gasteiger partial charge in [0.2, 0.25) is 0 Å². The van der Waals surface area contributed by atoms with E-state index in [9.17, 15) is 0 Å². The Bertz CT molecular complexity index is 892. The molecule has 2 aromatic carbocycles. The molecule has 0 radical (unpaired) electrons. The zero-order valence-corrected chi connectivity index (χ0v) is 21.5. The second-order valence-electron chi connectivity index (χ2n) is 8.65. The molecule has 0 N–H and O–H groups in total. The first-order valence-corrected chi connectivity index (χ1v) is 12.4. The van der Waals surface area contributed by atoms with E-state index in [1.165, 1.54) is 38.9 Å². The highest BCUT2D eigenvalue weighted by Crippen LogP contribution is 2.31. The van der Waals surface area contributed by atoms with Crippen LogP contribution in [0.3, 0.4) is 0 Å². The van der Waals surface area contributed by atoms with Crippen LogP contribution in [-0.2, 0) is 13.0 Å². The number of hydrogen-bond acceptors (Lipinski definition) is 2. The highest BCUT2D eigenvalue weighted by Gasteiger charge is 2.28. The van der Waals surface area contributed by atoms with Gasteiger partial charge in [-0.3, -0.25) is 4.90 Å². The van der Waals surface area contributed by atoms with Crippen LogP contribution >= 0.6 is 0 Å². The van der Waals surface area contributed by atoms with Crippen molar-refractivity contribution in [3.63, 3.8) is 0 Å². The summed E-state index contributed by atoms with van der Waals surface area (Å²) in [5.74, 6) is 0. The Kier molecular flexibility index (Phi) is 10.4. The first-order chi connectivity index (χ1) is 15.5. The van der Waals surface area contributed by atoms with Gasteiger partial charge in [0.1, 0.15) is 0 Å². The standard InChI is InChI=1S/C28H38N2.C2H6/c1-7-10-11-26-22(5)21(4)18-24(9-3)27(26)19-30-17-16-29(6)20-28(30)25-14-12-23(8-2)13-15-25;1-2/h8,10-15,18,28H,2,7,9,16-17,19-20H2,1,3-6H3;1-2H3/b11-10-;. The molecule has 0 amide bonds. The summed E-state index contributed by atoms with van der Waals surface area (Å²) in [5.41, 5.74) is 9.86. The van der Waals surface area contributed by atoms with E-state index in [1.807, 2.05) is 19.9 Å². The lowest BCUT2D eigenvalue weighted by molar-refractivity contribution is 0.0831. The third-order valence-corrected chi connectivity index (χ3v) is 6.61. The third kappa shape index (κ3) is 6.21. The lowest BCUT2D eigenvalue weighted by atomic mass is 9.90. The van der Waals surface area contributed by atoms with Crippen molar-refractivity contribution in [3.8, 4) is 0 Å². The molecule has 174 valence electrons. The molecule has 0 aliphatic carbocycles. The Morgan fingerprint density at radius 2 is 1.75 bits per heavy atom. The van der Waals surface area contributed by atoms with Crippen LogP contribution in [0.1, 0.15) is 79.1 Å². The van der Waals surface area contributed by atoms with E-state index in [2.05, 4.69) is 93.6 Å². The zero-order chi connectivity index (χ0) is 23.7. The number of benzene rings is 2. The fraction of sp³-hybridized carbons (Fsp3) is 0.467. The fourth-order valence-electron chi connectivity index (χ4n) is 4.55. The third-order valence-electron chi connectivity index (χ3n) is 6.61. The van der Waals surface area contributed by atoms with Gasteiger partial charge in [0.25, 0.3) is 0 Å². The fourth-order valence-corrected chi connectivity index (χ4v) is 4.55. The average molecular weight is 433 g/mol. The summed E-state index contributed by atoms with van der Waals surface area (Å²) in [6.45, 7) is 21.2. The summed E-state index contributed by atoms with van der Waals surface area (Å²) >= 11 is 0. The van der Waals surface area contributed by atoms with Gasteiger partial charge in [0.15, 0.2) is 0 Å². The van der Waals surface area contributed by atoms with Gasteiger partial charge in [-0.15, -0.1) is 0 Å². The predicted octanol–water partition coefficient (Wildman–Crippen LogP) is 7.45. The molecule has 32 heavy (non-hydrogen) atoms. The van der Waals surface area contributed by atoms with Crippen LogP contribution in [0, 0.1) is 13.8 Å². The first-order valence-electron chi connectivity index (χ1n) is 12.4. The minimum Gasteiger partial charge on any atom is -0.303 e. The van der Waals surface area contributed by atoms with Crippen LogP contribution in [0.4, 0.5) is 0 Å². The van der Waals surface area contributed by atoms with E-state index in [-0.39, 0.29) is 0 Å². The maximum atomic E-state index is 3.90. The number of hydrogen-bond donors (Lipinski definition) is 0. The molecule has 3 rings (SSSR count). The lowest BCUT2D eigenvalue weighted by Crippen LogP contribution is -2.46. The van der Waals surface area contributed by atoms with E-state index in [1.54, 1.807) is 0 Å². The molecule has 1 heterocycles. The van der Waals surface area contributed by atoms with Crippen LogP contribution in [0.5, 0.6) is 0 Å². The van der Waals surface area contributed by atoms with Crippen LogP contribution in [-0.4, -0.2) is 36.5 Å². The van der Waals surface area contributed by atoms with Gasteiger partial charge in [0.05, 0.1) is 0 Å². The molecule has 0 bridgehead atoms. The van der Waals surface area contributed by atoms with Crippen LogP contribution in [0.2, 0.25) is 0 Å². The maximum absolute atomic E-state index is 3.90. The topological polar surface area (TPSA) is 6.48 Å². The van der Waals surface area contributed by atoms with Gasteiger partial charge >= 0.3 is 0 Å². The minimum atomic E-state index is 0.414. The number of allylic oxidation sites excluding steroid dienone is 1. The van der Waals surface area contributed by atoms with Crippen molar-refractivity contribution in [2.24, 2.45) is 0 Å². The highest BCUT2D eigenvalue weighted by atomic mass is 15.3. The maximum Gasteiger partial charge on any atom is 0.0479 e. The quantitative estimate of drug-likeness (QED) is 0.448. The molecule has 1 aliphatic rings. The zero-order valence-electron chi connectivity index (χ0n) is 21.5. The second kappa shape index (κ2) is 12.8. The van der Waals surface area contributed by atoms with Crippen molar-refractivity contribution >= 4 is 12.2 Å². The molecule has 0 aromatic heterocycles. The Hall–Kier alpha value is -2.16. The monoisotopic (exact) mass is 432 g/mol. The van der Waals surface area contributed by atoms with Crippen molar-refractivity contribution in [1.29, 1.82) is 0 Å². The van der Waals surface area contributed by atoms with Crippen molar-refractivity contribution in [1.82, 2.24) is 9.80 Å². The Labute approximate surface area is 197 Å². The van der Waals surface area contributed by atoms with Crippen LogP contribution in [0.15, 0.2) is 43.0 Å². The van der Waals surface area contributed by atoms with E-state index in [4.69, 9.17) is 0 Å². The van der Waals surface area contributed by atoms with E-state index >= 15 is 0 Å². The molecule has 1 atom stereocenters. The molecule has 2 nitrogen and oxygen atoms in total. The molecular formula is C30H44N2. The molecule has 1 aliphatic heterocycles. The largest absolute Gasteiger partial charge is 0.303 e. The number of rotatable bonds is 7. The first kappa shape index (κ1) is 26.1. The van der Waals surface area contributed by atoms with Crippen LogP contribution < -0.4 is 0 Å². The van der Waals surface area contributed by atoms with Crippen molar-refractivity contribution in [2.45, 2.75) is 67.0 Å². The molecular weight excluding hydrogens is 388 g/mol. The van der Waals surface area contributed by atoms with Gasteiger partial charge in [0, 0.05) is 32.2 Å². The van der Waals surface area contributed by atoms with E-state index in [0.29, 0.717) is 6.04 Å². The SMILES string of the molecule is C=Cc1ccc(C2CN(C)CCN2Cc2c(CC)cc(C)c(C)c2/C=C\CC)cc1.CC. The van der Waals surface area contributed by atoms with E-state index in [0.717, 1.165) is 39.0 Å². The number of nitrogens with zero attached hydrogens (tertiary/aromatic N) is 2. The predicted molar refractivity (Wildman–Crippen MR) is 143 cm³/mol. The van der Waals surface area contributed by atoms with Crippen molar-refractivity contribution in [2.75, 3.05) is 26.7 Å². The molecule has 2 aromatic rings. The van der Waals surface area contributed by atoms with Crippen molar-refractivity contribution in [3.05, 3.63) is 81.9 Å². The lowest BCUT2D eigenvalue weighted by Gasteiger charge is -2.41. The summed E-state index contributed by atoms with van der Waals surface area (Å²) in [4.78, 5) is 5.15. The summed E-state index contributed by atoms with van der Waals surface area (Å²) in [5, 5.41) is 0. The normalized spacial score (nSPS) is 17.3. The van der Waals surface area contributed by atoms with Crippen LogP contribution in [0.25, 0.3) is 12.2 Å².